The van der Waals surface area contributed by atoms with Gasteiger partial charge in [-0.3, -0.25) is 14.4 Å². The van der Waals surface area contributed by atoms with Crippen LogP contribution in [0.3, 0.4) is 0 Å². The first kappa shape index (κ1) is 8.84. The number of esters is 3. The summed E-state index contributed by atoms with van der Waals surface area (Å²) in [5.41, 5.74) is 0. The molecule has 0 spiro atoms. The molecule has 6 heteroatoms. The van der Waals surface area contributed by atoms with E-state index in [-0.39, 0.29) is 12.5 Å². The van der Waals surface area contributed by atoms with E-state index in [0.717, 1.165) is 0 Å². The minimum atomic E-state index is -0.685. The molecule has 0 aliphatic carbocycles. The number of carbonyl (C=O) groups is 3. The smallest absolute Gasteiger partial charge is 0.318 e. The minimum absolute atomic E-state index is 0.0318. The van der Waals surface area contributed by atoms with E-state index in [0.29, 0.717) is 6.42 Å². The van der Waals surface area contributed by atoms with E-state index in [2.05, 4.69) is 4.74 Å². The summed E-state index contributed by atoms with van der Waals surface area (Å²) >= 11 is 0. The van der Waals surface area contributed by atoms with Crippen molar-refractivity contribution in [2.45, 2.75) is 25.2 Å². The average molecular weight is 212 g/mol. The lowest BCUT2D eigenvalue weighted by Crippen LogP contribution is -2.34. The topological polar surface area (TPSA) is 82.2 Å². The van der Waals surface area contributed by atoms with Gasteiger partial charge in [0.15, 0.2) is 0 Å². The van der Waals surface area contributed by atoms with Crippen LogP contribution in [-0.2, 0) is 28.6 Å². The second-order valence-electron chi connectivity index (χ2n) is 3.93. The largest absolute Gasteiger partial charge is 0.433 e. The van der Waals surface area contributed by atoms with Crippen molar-refractivity contribution >= 4 is 17.9 Å². The predicted octanol–water partition coefficient (Wildman–Crippen LogP) is -0.636. The molecular weight excluding hydrogens is 204 g/mol. The van der Waals surface area contributed by atoms with Crippen LogP contribution >= 0.6 is 0 Å². The lowest BCUT2D eigenvalue weighted by Gasteiger charge is -2.20. The summed E-state index contributed by atoms with van der Waals surface area (Å²) in [5, 5.41) is 0. The van der Waals surface area contributed by atoms with Gasteiger partial charge >= 0.3 is 17.9 Å². The molecule has 3 saturated heterocycles. The van der Waals surface area contributed by atoms with Gasteiger partial charge in [0.1, 0.15) is 6.10 Å². The molecule has 6 nitrogen and oxygen atoms in total. The SMILES string of the molecule is O=C1CC(C2C[C@H]3OC3OC2=O)C(=O)O1. The Labute approximate surface area is 84.5 Å². The summed E-state index contributed by atoms with van der Waals surface area (Å²) < 4.78 is 14.3. The first-order chi connectivity index (χ1) is 7.15. The summed E-state index contributed by atoms with van der Waals surface area (Å²) in [6.07, 6.45) is -0.120. The Morgan fingerprint density at radius 3 is 2.53 bits per heavy atom. The molecule has 4 atom stereocenters. The summed E-state index contributed by atoms with van der Waals surface area (Å²) in [5.74, 6) is -2.94. The molecule has 3 unspecified atom stereocenters. The first-order valence-electron chi connectivity index (χ1n) is 4.75. The van der Waals surface area contributed by atoms with Gasteiger partial charge in [-0.05, 0) is 6.42 Å². The van der Waals surface area contributed by atoms with Gasteiger partial charge in [0, 0.05) is 0 Å². The molecule has 3 heterocycles. The molecule has 0 bridgehead atoms. The molecule has 0 aromatic carbocycles. The molecular formula is C9H8O6. The molecule has 0 aromatic rings. The Morgan fingerprint density at radius 2 is 1.87 bits per heavy atom. The predicted molar refractivity (Wildman–Crippen MR) is 42.1 cm³/mol. The van der Waals surface area contributed by atoms with Crippen molar-refractivity contribution in [3.63, 3.8) is 0 Å². The Hall–Kier alpha value is -1.43. The second kappa shape index (κ2) is 2.79. The Bertz CT molecular complexity index is 362. The number of epoxide rings is 1. The summed E-state index contributed by atoms with van der Waals surface area (Å²) in [6.45, 7) is 0. The van der Waals surface area contributed by atoms with Crippen molar-refractivity contribution in [1.82, 2.24) is 0 Å². The maximum Gasteiger partial charge on any atom is 0.318 e. The average Bonchev–Trinajstić information content (AvgIpc) is 2.83. The van der Waals surface area contributed by atoms with Crippen molar-refractivity contribution in [3.05, 3.63) is 0 Å². The van der Waals surface area contributed by atoms with Crippen LogP contribution in [0.15, 0.2) is 0 Å². The molecule has 0 saturated carbocycles. The van der Waals surface area contributed by atoms with Gasteiger partial charge in [0.2, 0.25) is 6.29 Å². The number of hydrogen-bond donors (Lipinski definition) is 0. The number of hydrogen-bond acceptors (Lipinski definition) is 6. The molecule has 0 radical (unpaired) electrons. The van der Waals surface area contributed by atoms with Gasteiger partial charge in [0.05, 0.1) is 18.3 Å². The lowest BCUT2D eigenvalue weighted by molar-refractivity contribution is -0.162. The van der Waals surface area contributed by atoms with Crippen molar-refractivity contribution in [1.29, 1.82) is 0 Å². The van der Waals surface area contributed by atoms with Crippen molar-refractivity contribution in [2.24, 2.45) is 11.8 Å². The third-order valence-electron chi connectivity index (χ3n) is 2.95. The highest BCUT2D eigenvalue weighted by atomic mass is 16.8. The van der Waals surface area contributed by atoms with E-state index in [1.54, 1.807) is 0 Å². The molecule has 3 fully saturated rings. The Balaban J connectivity index is 1.78. The van der Waals surface area contributed by atoms with E-state index in [1.165, 1.54) is 0 Å². The number of ether oxygens (including phenoxy) is 3. The fourth-order valence-corrected chi connectivity index (χ4v) is 2.07. The van der Waals surface area contributed by atoms with Crippen LogP contribution in [0.5, 0.6) is 0 Å². The van der Waals surface area contributed by atoms with Crippen molar-refractivity contribution in [2.75, 3.05) is 0 Å². The zero-order chi connectivity index (χ0) is 10.6. The molecule has 0 aromatic heterocycles. The minimum Gasteiger partial charge on any atom is -0.433 e. The molecule has 3 aliphatic rings. The van der Waals surface area contributed by atoms with E-state index in [9.17, 15) is 14.4 Å². The number of cyclic esters (lactones) is 2. The fourth-order valence-electron chi connectivity index (χ4n) is 2.07. The highest BCUT2D eigenvalue weighted by Gasteiger charge is 2.55. The fraction of sp³-hybridized carbons (Fsp3) is 0.667. The van der Waals surface area contributed by atoms with E-state index < -0.39 is 36.0 Å². The summed E-state index contributed by atoms with van der Waals surface area (Å²) in [6, 6.07) is 0. The van der Waals surface area contributed by atoms with Gasteiger partial charge in [0.25, 0.3) is 0 Å². The van der Waals surface area contributed by atoms with Gasteiger partial charge in [-0.15, -0.1) is 0 Å². The maximum atomic E-state index is 11.4. The zero-order valence-corrected chi connectivity index (χ0v) is 7.67. The summed E-state index contributed by atoms with van der Waals surface area (Å²) in [7, 11) is 0. The van der Waals surface area contributed by atoms with Crippen LogP contribution in [0.2, 0.25) is 0 Å². The highest BCUT2D eigenvalue weighted by molar-refractivity contribution is 5.97. The van der Waals surface area contributed by atoms with Crippen LogP contribution in [0.25, 0.3) is 0 Å². The van der Waals surface area contributed by atoms with E-state index in [4.69, 9.17) is 9.47 Å². The van der Waals surface area contributed by atoms with Crippen LogP contribution in [0, 0.1) is 11.8 Å². The van der Waals surface area contributed by atoms with Gasteiger partial charge < -0.3 is 14.2 Å². The quantitative estimate of drug-likeness (QED) is 0.327. The second-order valence-corrected chi connectivity index (χ2v) is 3.93. The molecule has 3 rings (SSSR count). The molecule has 0 N–H and O–H groups in total. The van der Waals surface area contributed by atoms with Crippen LogP contribution in [-0.4, -0.2) is 30.3 Å². The normalized spacial score (nSPS) is 43.3. The van der Waals surface area contributed by atoms with Gasteiger partial charge in [-0.2, -0.15) is 0 Å². The number of rotatable bonds is 1. The number of carbonyl (C=O) groups excluding carboxylic acids is 3. The lowest BCUT2D eigenvalue weighted by atomic mass is 9.86. The number of fused-ring (bicyclic) bond motifs is 1. The third-order valence-corrected chi connectivity index (χ3v) is 2.95. The van der Waals surface area contributed by atoms with Crippen LogP contribution < -0.4 is 0 Å². The summed E-state index contributed by atoms with van der Waals surface area (Å²) in [4.78, 5) is 33.6. The van der Waals surface area contributed by atoms with Crippen molar-refractivity contribution < 1.29 is 28.6 Å². The molecule has 3 aliphatic heterocycles. The molecule has 15 heavy (non-hydrogen) atoms. The zero-order valence-electron chi connectivity index (χ0n) is 7.67. The Kier molecular flexibility index (Phi) is 1.64. The van der Waals surface area contributed by atoms with Crippen LogP contribution in [0.1, 0.15) is 12.8 Å². The van der Waals surface area contributed by atoms with E-state index >= 15 is 0 Å². The van der Waals surface area contributed by atoms with Gasteiger partial charge in [-0.1, -0.05) is 0 Å². The first-order valence-corrected chi connectivity index (χ1v) is 4.75. The standard InChI is InChI=1S/C9H8O6/c10-6-2-4(7(11)14-6)3-1-5-9(13-5)15-8(3)12/h3-5,9H,1-2H2/t3?,4?,5-,9?/m1/s1. The molecule has 0 amide bonds. The third kappa shape index (κ3) is 1.32. The van der Waals surface area contributed by atoms with Gasteiger partial charge in [-0.25, -0.2) is 0 Å². The van der Waals surface area contributed by atoms with Crippen molar-refractivity contribution in [3.8, 4) is 0 Å². The van der Waals surface area contributed by atoms with E-state index in [1.807, 2.05) is 0 Å². The monoisotopic (exact) mass is 212 g/mol. The van der Waals surface area contributed by atoms with Crippen LogP contribution in [0.4, 0.5) is 0 Å². The molecule has 80 valence electrons. The maximum absolute atomic E-state index is 11.4. The highest BCUT2D eigenvalue weighted by Crippen LogP contribution is 2.40. The Morgan fingerprint density at radius 1 is 1.07 bits per heavy atom.